The summed E-state index contributed by atoms with van der Waals surface area (Å²) < 4.78 is 0.616. The molecule has 0 amide bonds. The summed E-state index contributed by atoms with van der Waals surface area (Å²) in [5.74, 6) is 0.0303. The highest BCUT2D eigenvalue weighted by atomic mass is 32.1. The first-order valence-electron chi connectivity index (χ1n) is 4.12. The summed E-state index contributed by atoms with van der Waals surface area (Å²) in [4.78, 5) is 13.4. The van der Waals surface area contributed by atoms with Gasteiger partial charge in [0.25, 0.3) is 0 Å². The van der Waals surface area contributed by atoms with Crippen molar-refractivity contribution >= 4 is 21.6 Å². The Labute approximate surface area is 83.5 Å². The van der Waals surface area contributed by atoms with Gasteiger partial charge in [-0.1, -0.05) is 17.4 Å². The van der Waals surface area contributed by atoms with E-state index in [4.69, 9.17) is 0 Å². The normalized spacial score (nSPS) is 13.3. The van der Waals surface area contributed by atoms with Crippen LogP contribution in [0, 0.1) is 0 Å². The number of aliphatic hydroxyl groups is 1. The molecule has 0 aliphatic carbocycles. The number of phenolic OH excluding ortho intramolecular Hbond substituents is 1. The number of fused-ring (bicyclic) bond motifs is 1. The molecule has 1 heterocycles. The topological polar surface area (TPSA) is 73.3 Å². The SMILES string of the molecule is C[C@@H](O)c1ccc(O)c2[nH]c(=O)sc12. The zero-order valence-corrected chi connectivity index (χ0v) is 8.26. The molecule has 2 rings (SSSR count). The summed E-state index contributed by atoms with van der Waals surface area (Å²) in [5.41, 5.74) is 1.06. The van der Waals surface area contributed by atoms with E-state index < -0.39 is 6.10 Å². The lowest BCUT2D eigenvalue weighted by atomic mass is 10.1. The van der Waals surface area contributed by atoms with Crippen LogP contribution in [0.5, 0.6) is 5.75 Å². The minimum absolute atomic E-state index is 0.0303. The average Bonchev–Trinajstić information content (AvgIpc) is 2.47. The molecular weight excluding hydrogens is 202 g/mol. The number of aromatic hydroxyl groups is 1. The van der Waals surface area contributed by atoms with Gasteiger partial charge in [0.05, 0.1) is 10.8 Å². The van der Waals surface area contributed by atoms with Crippen molar-refractivity contribution < 1.29 is 10.2 Å². The van der Waals surface area contributed by atoms with Gasteiger partial charge >= 0.3 is 4.87 Å². The van der Waals surface area contributed by atoms with Crippen LogP contribution in [-0.4, -0.2) is 15.2 Å². The molecule has 74 valence electrons. The van der Waals surface area contributed by atoms with E-state index in [1.165, 1.54) is 6.07 Å². The number of benzene rings is 1. The van der Waals surface area contributed by atoms with Crippen LogP contribution in [-0.2, 0) is 0 Å². The van der Waals surface area contributed by atoms with E-state index in [-0.39, 0.29) is 10.6 Å². The Balaban J connectivity index is 2.87. The first kappa shape index (κ1) is 9.23. The number of aliphatic hydroxyl groups excluding tert-OH is 1. The van der Waals surface area contributed by atoms with Gasteiger partial charge in [-0.2, -0.15) is 0 Å². The fourth-order valence-electron chi connectivity index (χ4n) is 1.37. The molecule has 0 aliphatic heterocycles. The fraction of sp³-hybridized carbons (Fsp3) is 0.222. The lowest BCUT2D eigenvalue weighted by molar-refractivity contribution is 0.201. The molecule has 3 N–H and O–H groups in total. The Morgan fingerprint density at radius 1 is 1.50 bits per heavy atom. The highest BCUT2D eigenvalue weighted by Crippen LogP contribution is 2.30. The summed E-state index contributed by atoms with van der Waals surface area (Å²) in [7, 11) is 0. The Hall–Kier alpha value is -1.33. The third kappa shape index (κ3) is 1.30. The van der Waals surface area contributed by atoms with E-state index in [0.29, 0.717) is 15.8 Å². The highest BCUT2D eigenvalue weighted by Gasteiger charge is 2.12. The van der Waals surface area contributed by atoms with Gasteiger partial charge in [0.15, 0.2) is 0 Å². The van der Waals surface area contributed by atoms with Gasteiger partial charge in [-0.3, -0.25) is 4.79 Å². The summed E-state index contributed by atoms with van der Waals surface area (Å²) in [6, 6.07) is 3.08. The van der Waals surface area contributed by atoms with Crippen molar-refractivity contribution in [3.63, 3.8) is 0 Å². The van der Waals surface area contributed by atoms with Crippen LogP contribution in [0.2, 0.25) is 0 Å². The maximum Gasteiger partial charge on any atom is 0.305 e. The van der Waals surface area contributed by atoms with Crippen molar-refractivity contribution in [3.8, 4) is 5.75 Å². The number of H-pyrrole nitrogens is 1. The van der Waals surface area contributed by atoms with Crippen molar-refractivity contribution in [1.29, 1.82) is 0 Å². The Morgan fingerprint density at radius 3 is 2.86 bits per heavy atom. The molecule has 5 heteroatoms. The molecule has 0 saturated carbocycles. The van der Waals surface area contributed by atoms with Gasteiger partial charge in [0, 0.05) is 0 Å². The Kier molecular flexibility index (Phi) is 2.05. The van der Waals surface area contributed by atoms with Crippen molar-refractivity contribution in [3.05, 3.63) is 27.4 Å². The molecule has 0 unspecified atom stereocenters. The third-order valence-corrected chi connectivity index (χ3v) is 2.97. The molecular formula is C9H9NO3S. The van der Waals surface area contributed by atoms with E-state index in [9.17, 15) is 15.0 Å². The second-order valence-corrected chi connectivity index (χ2v) is 4.05. The van der Waals surface area contributed by atoms with Crippen LogP contribution in [0.15, 0.2) is 16.9 Å². The number of hydrogen-bond donors (Lipinski definition) is 3. The minimum Gasteiger partial charge on any atom is -0.506 e. The molecule has 0 spiro atoms. The van der Waals surface area contributed by atoms with E-state index in [0.717, 1.165) is 11.3 Å². The van der Waals surface area contributed by atoms with Gasteiger partial charge < -0.3 is 15.2 Å². The zero-order valence-electron chi connectivity index (χ0n) is 7.44. The van der Waals surface area contributed by atoms with Crippen molar-refractivity contribution in [2.75, 3.05) is 0 Å². The van der Waals surface area contributed by atoms with Gasteiger partial charge in [0.1, 0.15) is 11.3 Å². The number of aromatic nitrogens is 1. The van der Waals surface area contributed by atoms with Crippen molar-refractivity contribution in [2.24, 2.45) is 0 Å². The molecule has 1 aromatic heterocycles. The average molecular weight is 211 g/mol. The minimum atomic E-state index is -0.649. The summed E-state index contributed by atoms with van der Waals surface area (Å²) in [6.45, 7) is 1.62. The van der Waals surface area contributed by atoms with Gasteiger partial charge in [-0.25, -0.2) is 0 Å². The van der Waals surface area contributed by atoms with Gasteiger partial charge in [-0.15, -0.1) is 0 Å². The maximum atomic E-state index is 11.1. The molecule has 0 fully saturated rings. The first-order chi connectivity index (χ1) is 6.59. The number of nitrogens with one attached hydrogen (secondary N) is 1. The Morgan fingerprint density at radius 2 is 2.21 bits per heavy atom. The Bertz CT molecular complexity index is 526. The van der Waals surface area contributed by atoms with Gasteiger partial charge in [0.2, 0.25) is 0 Å². The molecule has 0 aliphatic rings. The van der Waals surface area contributed by atoms with E-state index in [1.807, 2.05) is 0 Å². The number of phenols is 1. The van der Waals surface area contributed by atoms with Crippen LogP contribution >= 0.6 is 11.3 Å². The summed E-state index contributed by atoms with van der Waals surface area (Å²) >= 11 is 0.990. The molecule has 14 heavy (non-hydrogen) atoms. The summed E-state index contributed by atoms with van der Waals surface area (Å²) in [6.07, 6.45) is -0.649. The second-order valence-electron chi connectivity index (χ2n) is 3.07. The molecule has 1 aromatic carbocycles. The number of aromatic amines is 1. The van der Waals surface area contributed by atoms with Gasteiger partial charge in [-0.05, 0) is 18.6 Å². The highest BCUT2D eigenvalue weighted by molar-refractivity contribution is 7.16. The maximum absolute atomic E-state index is 11.1. The summed E-state index contributed by atoms with van der Waals surface area (Å²) in [5, 5.41) is 18.9. The van der Waals surface area contributed by atoms with E-state index in [2.05, 4.69) is 4.98 Å². The predicted molar refractivity (Wildman–Crippen MR) is 54.7 cm³/mol. The largest absolute Gasteiger partial charge is 0.506 e. The monoisotopic (exact) mass is 211 g/mol. The van der Waals surface area contributed by atoms with Crippen LogP contribution < -0.4 is 4.87 Å². The number of rotatable bonds is 1. The molecule has 2 aromatic rings. The molecule has 0 saturated heterocycles. The molecule has 4 nitrogen and oxygen atoms in total. The molecule has 0 radical (unpaired) electrons. The lowest BCUT2D eigenvalue weighted by Gasteiger charge is -2.05. The third-order valence-electron chi connectivity index (χ3n) is 2.04. The molecule has 0 bridgehead atoms. The van der Waals surface area contributed by atoms with Crippen LogP contribution in [0.3, 0.4) is 0 Å². The number of thiazole rings is 1. The second kappa shape index (κ2) is 3.11. The number of hydrogen-bond acceptors (Lipinski definition) is 4. The van der Waals surface area contributed by atoms with Crippen LogP contribution in [0.4, 0.5) is 0 Å². The quantitative estimate of drug-likeness (QED) is 0.666. The van der Waals surface area contributed by atoms with Crippen LogP contribution in [0.1, 0.15) is 18.6 Å². The standard InChI is InChI=1S/C9H9NO3S/c1-4(11)5-2-3-6(12)7-8(5)14-9(13)10-7/h2-4,11-12H,1H3,(H,10,13)/t4-/m1/s1. The zero-order chi connectivity index (χ0) is 10.3. The first-order valence-corrected chi connectivity index (χ1v) is 4.94. The van der Waals surface area contributed by atoms with Crippen molar-refractivity contribution in [1.82, 2.24) is 4.98 Å². The van der Waals surface area contributed by atoms with Crippen molar-refractivity contribution in [2.45, 2.75) is 13.0 Å². The van der Waals surface area contributed by atoms with E-state index in [1.54, 1.807) is 13.0 Å². The predicted octanol–water partition coefficient (Wildman–Crippen LogP) is 1.35. The van der Waals surface area contributed by atoms with E-state index >= 15 is 0 Å². The fourth-order valence-corrected chi connectivity index (χ4v) is 2.32. The molecule has 1 atom stereocenters. The smallest absolute Gasteiger partial charge is 0.305 e. The lowest BCUT2D eigenvalue weighted by Crippen LogP contribution is -1.90. The van der Waals surface area contributed by atoms with Crippen LogP contribution in [0.25, 0.3) is 10.2 Å².